The number of carboxylic acids is 2. The predicted octanol–water partition coefficient (Wildman–Crippen LogP) is 1.52. The van der Waals surface area contributed by atoms with Gasteiger partial charge < -0.3 is 10.2 Å². The summed E-state index contributed by atoms with van der Waals surface area (Å²) in [5.74, 6) is -2.56. The summed E-state index contributed by atoms with van der Waals surface area (Å²) in [7, 11) is 0. The summed E-state index contributed by atoms with van der Waals surface area (Å²) in [4.78, 5) is 22.1. The maximum atomic E-state index is 11.0. The van der Waals surface area contributed by atoms with Gasteiger partial charge in [0.2, 0.25) is 0 Å². The lowest BCUT2D eigenvalue weighted by Crippen LogP contribution is -2.48. The fraction of sp³-hybridized carbons (Fsp3) is 0.600. The van der Waals surface area contributed by atoms with Crippen LogP contribution in [-0.2, 0) is 9.59 Å². The molecule has 0 saturated carbocycles. The van der Waals surface area contributed by atoms with Crippen molar-refractivity contribution < 1.29 is 19.8 Å². The van der Waals surface area contributed by atoms with Gasteiger partial charge in [-0.15, -0.1) is 0 Å². The van der Waals surface area contributed by atoms with Crippen LogP contribution in [0.4, 0.5) is 0 Å². The Kier molecular flexibility index (Phi) is 2.39. The van der Waals surface area contributed by atoms with Crippen LogP contribution < -0.4 is 0 Å². The Balaban J connectivity index is 3.17. The van der Waals surface area contributed by atoms with Crippen molar-refractivity contribution in [3.63, 3.8) is 0 Å². The molecule has 1 aliphatic rings. The molecular weight excluding hydrogens is 184 g/mol. The Morgan fingerprint density at radius 3 is 2.14 bits per heavy atom. The number of aliphatic carboxylic acids is 2. The van der Waals surface area contributed by atoms with Gasteiger partial charge in [-0.05, 0) is 19.8 Å². The maximum Gasteiger partial charge on any atom is 0.321 e. The van der Waals surface area contributed by atoms with Crippen LogP contribution in [-0.4, -0.2) is 22.2 Å². The Morgan fingerprint density at radius 2 is 1.86 bits per heavy atom. The lowest BCUT2D eigenvalue weighted by atomic mass is 9.65. The third kappa shape index (κ3) is 1.22. The molecule has 0 aromatic heterocycles. The molecule has 0 saturated heterocycles. The van der Waals surface area contributed by atoms with Crippen LogP contribution >= 0.6 is 0 Å². The molecule has 0 bridgehead atoms. The second kappa shape index (κ2) is 3.12. The summed E-state index contributed by atoms with van der Waals surface area (Å²) < 4.78 is 0. The minimum atomic E-state index is -1.74. The molecule has 0 radical (unpaired) electrons. The molecule has 0 aromatic rings. The Hall–Kier alpha value is -1.32. The molecular formula is C10H14O4. The summed E-state index contributed by atoms with van der Waals surface area (Å²) in [6, 6.07) is 0. The van der Waals surface area contributed by atoms with Gasteiger partial charge in [0.05, 0.1) is 0 Å². The molecule has 78 valence electrons. The van der Waals surface area contributed by atoms with Gasteiger partial charge in [0.25, 0.3) is 0 Å². The highest BCUT2D eigenvalue weighted by molar-refractivity contribution is 5.99. The van der Waals surface area contributed by atoms with Gasteiger partial charge >= 0.3 is 11.9 Å². The smallest absolute Gasteiger partial charge is 0.321 e. The molecule has 0 spiro atoms. The molecule has 0 aliphatic heterocycles. The third-order valence-electron chi connectivity index (χ3n) is 3.31. The number of hydrogen-bond donors (Lipinski definition) is 2. The van der Waals surface area contributed by atoms with E-state index in [-0.39, 0.29) is 0 Å². The van der Waals surface area contributed by atoms with Crippen molar-refractivity contribution in [3.05, 3.63) is 12.2 Å². The monoisotopic (exact) mass is 198 g/mol. The minimum absolute atomic E-state index is 0.572. The fourth-order valence-corrected chi connectivity index (χ4v) is 1.81. The molecule has 0 unspecified atom stereocenters. The molecule has 1 rings (SSSR count). The highest BCUT2D eigenvalue weighted by Gasteiger charge is 2.55. The Morgan fingerprint density at radius 1 is 1.36 bits per heavy atom. The van der Waals surface area contributed by atoms with E-state index in [1.54, 1.807) is 13.0 Å². The molecule has 4 heteroatoms. The largest absolute Gasteiger partial charge is 0.480 e. The van der Waals surface area contributed by atoms with Crippen LogP contribution in [0.3, 0.4) is 0 Å². The average Bonchev–Trinajstić information content (AvgIpc) is 2.51. The third-order valence-corrected chi connectivity index (χ3v) is 3.31. The van der Waals surface area contributed by atoms with E-state index in [4.69, 9.17) is 10.2 Å². The van der Waals surface area contributed by atoms with E-state index >= 15 is 0 Å². The number of carbonyl (C=O) groups is 2. The van der Waals surface area contributed by atoms with Crippen LogP contribution in [0.25, 0.3) is 0 Å². The van der Waals surface area contributed by atoms with Gasteiger partial charge in [-0.3, -0.25) is 9.59 Å². The molecule has 2 N–H and O–H groups in total. The number of hydrogen-bond acceptors (Lipinski definition) is 2. The molecule has 0 amide bonds. The first-order chi connectivity index (χ1) is 6.34. The molecule has 1 atom stereocenters. The van der Waals surface area contributed by atoms with E-state index in [9.17, 15) is 9.59 Å². The van der Waals surface area contributed by atoms with Crippen LogP contribution in [0.2, 0.25) is 0 Å². The first-order valence-corrected chi connectivity index (χ1v) is 4.49. The number of allylic oxidation sites excluding steroid dienone is 2. The molecule has 0 aromatic carbocycles. The van der Waals surface area contributed by atoms with Crippen LogP contribution in [0.1, 0.15) is 26.7 Å². The normalized spacial score (nSPS) is 26.4. The van der Waals surface area contributed by atoms with Gasteiger partial charge in [0, 0.05) is 5.41 Å². The number of rotatable bonds is 3. The second-order valence-electron chi connectivity index (χ2n) is 4.09. The summed E-state index contributed by atoms with van der Waals surface area (Å²) in [6.45, 7) is 2.95. The quantitative estimate of drug-likeness (QED) is 0.532. The van der Waals surface area contributed by atoms with Crippen molar-refractivity contribution in [2.24, 2.45) is 10.8 Å². The van der Waals surface area contributed by atoms with Gasteiger partial charge in [-0.25, -0.2) is 0 Å². The first-order valence-electron chi connectivity index (χ1n) is 4.49. The van der Waals surface area contributed by atoms with Gasteiger partial charge in [0.15, 0.2) is 5.41 Å². The van der Waals surface area contributed by atoms with Gasteiger partial charge in [-0.1, -0.05) is 19.1 Å². The van der Waals surface area contributed by atoms with Crippen molar-refractivity contribution in [1.82, 2.24) is 0 Å². The van der Waals surface area contributed by atoms with E-state index in [1.165, 1.54) is 6.92 Å². The van der Waals surface area contributed by atoms with E-state index in [0.717, 1.165) is 6.42 Å². The summed E-state index contributed by atoms with van der Waals surface area (Å²) in [5.41, 5.74) is -2.52. The van der Waals surface area contributed by atoms with Crippen molar-refractivity contribution in [2.45, 2.75) is 26.7 Å². The van der Waals surface area contributed by atoms with Crippen molar-refractivity contribution in [3.8, 4) is 0 Å². The Labute approximate surface area is 82.2 Å². The zero-order chi connectivity index (χ0) is 11.0. The van der Waals surface area contributed by atoms with E-state index < -0.39 is 22.8 Å². The zero-order valence-electron chi connectivity index (χ0n) is 8.28. The van der Waals surface area contributed by atoms with E-state index in [2.05, 4.69) is 0 Å². The van der Waals surface area contributed by atoms with Gasteiger partial charge in [-0.2, -0.15) is 0 Å². The minimum Gasteiger partial charge on any atom is -0.480 e. The molecule has 14 heavy (non-hydrogen) atoms. The van der Waals surface area contributed by atoms with Crippen LogP contribution in [0.5, 0.6) is 0 Å². The SMILES string of the molecule is CC(C(=O)O)(C(=O)O)[C@@]1(C)C=CCC1. The Bertz CT molecular complexity index is 291. The topological polar surface area (TPSA) is 74.6 Å². The maximum absolute atomic E-state index is 11.0. The van der Waals surface area contributed by atoms with Crippen LogP contribution in [0, 0.1) is 10.8 Å². The molecule has 0 fully saturated rings. The number of carboxylic acid groups (broad SMARTS) is 2. The summed E-state index contributed by atoms with van der Waals surface area (Å²) in [5, 5.41) is 18.0. The highest BCUT2D eigenvalue weighted by atomic mass is 16.4. The highest BCUT2D eigenvalue weighted by Crippen LogP contribution is 2.47. The lowest BCUT2D eigenvalue weighted by molar-refractivity contribution is -0.170. The molecule has 4 nitrogen and oxygen atoms in total. The van der Waals surface area contributed by atoms with Crippen molar-refractivity contribution >= 4 is 11.9 Å². The zero-order valence-corrected chi connectivity index (χ0v) is 8.28. The second-order valence-corrected chi connectivity index (χ2v) is 4.09. The molecule has 1 aliphatic carbocycles. The van der Waals surface area contributed by atoms with Gasteiger partial charge in [0.1, 0.15) is 0 Å². The van der Waals surface area contributed by atoms with Crippen molar-refractivity contribution in [1.29, 1.82) is 0 Å². The predicted molar refractivity (Wildman–Crippen MR) is 49.9 cm³/mol. The summed E-state index contributed by atoms with van der Waals surface area (Å²) in [6.07, 6.45) is 4.86. The fourth-order valence-electron chi connectivity index (χ4n) is 1.81. The van der Waals surface area contributed by atoms with E-state index in [1.807, 2.05) is 6.08 Å². The molecule has 0 heterocycles. The lowest BCUT2D eigenvalue weighted by Gasteiger charge is -2.35. The average molecular weight is 198 g/mol. The summed E-state index contributed by atoms with van der Waals surface area (Å²) >= 11 is 0. The first kappa shape index (κ1) is 10.8. The van der Waals surface area contributed by atoms with Crippen LogP contribution in [0.15, 0.2) is 12.2 Å². The van der Waals surface area contributed by atoms with E-state index in [0.29, 0.717) is 6.42 Å². The van der Waals surface area contributed by atoms with Crippen molar-refractivity contribution in [2.75, 3.05) is 0 Å². The standard InChI is InChI=1S/C10H14O4/c1-9(5-3-4-6-9)10(2,7(11)12)8(13)14/h3,5H,4,6H2,1-2H3,(H,11,12)(H,13,14)/t9-/m0/s1.